The molecular formula is C13H7N5O2. The number of imidazole rings is 1. The number of benzene rings is 1. The fraction of sp³-hybridized carbons (Fsp3) is 0. The molecule has 20 heavy (non-hydrogen) atoms. The SMILES string of the molecule is N#Cc1nccn1-c1c([N+](=O)[O-])cnc2ccccc12. The van der Waals surface area contributed by atoms with E-state index >= 15 is 0 Å². The van der Waals surface area contributed by atoms with E-state index < -0.39 is 4.92 Å². The highest BCUT2D eigenvalue weighted by Gasteiger charge is 2.21. The minimum atomic E-state index is -0.518. The Morgan fingerprint density at radius 1 is 1.30 bits per heavy atom. The van der Waals surface area contributed by atoms with Gasteiger partial charge in [0.1, 0.15) is 18.0 Å². The van der Waals surface area contributed by atoms with Crippen LogP contribution in [0.5, 0.6) is 0 Å². The quantitative estimate of drug-likeness (QED) is 0.522. The van der Waals surface area contributed by atoms with Gasteiger partial charge in [0.15, 0.2) is 0 Å². The highest BCUT2D eigenvalue weighted by Crippen LogP contribution is 2.30. The first-order valence-corrected chi connectivity index (χ1v) is 5.68. The lowest BCUT2D eigenvalue weighted by atomic mass is 10.1. The van der Waals surface area contributed by atoms with Crippen molar-refractivity contribution in [2.45, 2.75) is 0 Å². The second-order valence-corrected chi connectivity index (χ2v) is 4.00. The van der Waals surface area contributed by atoms with Crippen LogP contribution >= 0.6 is 0 Å². The molecule has 0 spiro atoms. The number of hydrogen-bond donors (Lipinski definition) is 0. The zero-order valence-corrected chi connectivity index (χ0v) is 10.1. The number of pyridine rings is 1. The third-order valence-corrected chi connectivity index (χ3v) is 2.91. The molecule has 3 rings (SSSR count). The van der Waals surface area contributed by atoms with Gasteiger partial charge < -0.3 is 0 Å². The van der Waals surface area contributed by atoms with E-state index in [4.69, 9.17) is 5.26 Å². The molecular weight excluding hydrogens is 258 g/mol. The monoisotopic (exact) mass is 265 g/mol. The van der Waals surface area contributed by atoms with Crippen molar-refractivity contribution in [1.29, 1.82) is 5.26 Å². The lowest BCUT2D eigenvalue weighted by Gasteiger charge is -2.08. The van der Waals surface area contributed by atoms with E-state index in [2.05, 4.69) is 9.97 Å². The van der Waals surface area contributed by atoms with E-state index in [1.165, 1.54) is 23.2 Å². The predicted molar refractivity (Wildman–Crippen MR) is 70.2 cm³/mol. The molecule has 0 saturated carbocycles. The lowest BCUT2D eigenvalue weighted by Crippen LogP contribution is -2.03. The topological polar surface area (TPSA) is 97.6 Å². The van der Waals surface area contributed by atoms with Gasteiger partial charge in [-0.3, -0.25) is 14.7 Å². The van der Waals surface area contributed by atoms with Crippen LogP contribution in [0.15, 0.2) is 42.9 Å². The molecule has 0 aliphatic rings. The second-order valence-electron chi connectivity index (χ2n) is 4.00. The van der Waals surface area contributed by atoms with Crippen LogP contribution < -0.4 is 0 Å². The number of nitro groups is 1. The molecule has 0 unspecified atom stereocenters. The summed E-state index contributed by atoms with van der Waals surface area (Å²) >= 11 is 0. The van der Waals surface area contributed by atoms with Gasteiger partial charge in [0.25, 0.3) is 0 Å². The molecule has 96 valence electrons. The number of nitrogens with zero attached hydrogens (tertiary/aromatic N) is 5. The van der Waals surface area contributed by atoms with Crippen molar-refractivity contribution < 1.29 is 4.92 Å². The summed E-state index contributed by atoms with van der Waals surface area (Å²) in [4.78, 5) is 18.6. The highest BCUT2D eigenvalue weighted by atomic mass is 16.6. The van der Waals surface area contributed by atoms with E-state index in [0.717, 1.165) is 0 Å². The maximum Gasteiger partial charge on any atom is 0.312 e. The summed E-state index contributed by atoms with van der Waals surface area (Å²) in [5.41, 5.74) is 0.749. The molecule has 2 aromatic heterocycles. The smallest absolute Gasteiger partial charge is 0.284 e. The largest absolute Gasteiger partial charge is 0.312 e. The zero-order valence-electron chi connectivity index (χ0n) is 10.1. The number of nitriles is 1. The third kappa shape index (κ3) is 1.67. The van der Waals surface area contributed by atoms with Gasteiger partial charge in [0, 0.05) is 17.8 Å². The summed E-state index contributed by atoms with van der Waals surface area (Å²) in [7, 11) is 0. The van der Waals surface area contributed by atoms with E-state index in [-0.39, 0.29) is 11.5 Å². The van der Waals surface area contributed by atoms with E-state index in [1.54, 1.807) is 24.3 Å². The van der Waals surface area contributed by atoms with Crippen molar-refractivity contribution in [2.75, 3.05) is 0 Å². The van der Waals surface area contributed by atoms with Crippen LogP contribution in [0.25, 0.3) is 16.6 Å². The first-order valence-electron chi connectivity index (χ1n) is 5.68. The van der Waals surface area contributed by atoms with Crippen LogP contribution in [-0.2, 0) is 0 Å². The van der Waals surface area contributed by atoms with Crippen molar-refractivity contribution >= 4 is 16.6 Å². The number of fused-ring (bicyclic) bond motifs is 1. The van der Waals surface area contributed by atoms with Crippen LogP contribution in [-0.4, -0.2) is 19.5 Å². The van der Waals surface area contributed by atoms with Gasteiger partial charge in [-0.15, -0.1) is 0 Å². The Kier molecular flexibility index (Phi) is 2.62. The molecule has 0 N–H and O–H groups in total. The van der Waals surface area contributed by atoms with Gasteiger partial charge in [-0.1, -0.05) is 18.2 Å². The summed E-state index contributed by atoms with van der Waals surface area (Å²) < 4.78 is 1.40. The average Bonchev–Trinajstić information content (AvgIpc) is 2.93. The van der Waals surface area contributed by atoms with Crippen molar-refractivity contribution in [3.05, 3.63) is 58.8 Å². The molecule has 0 aliphatic heterocycles. The Morgan fingerprint density at radius 3 is 2.85 bits per heavy atom. The van der Waals surface area contributed by atoms with Gasteiger partial charge in [-0.05, 0) is 6.07 Å². The van der Waals surface area contributed by atoms with Crippen molar-refractivity contribution in [3.8, 4) is 11.8 Å². The first-order chi connectivity index (χ1) is 9.72. The van der Waals surface area contributed by atoms with Gasteiger partial charge >= 0.3 is 5.69 Å². The minimum absolute atomic E-state index is 0.0875. The van der Waals surface area contributed by atoms with Crippen LogP contribution in [0.3, 0.4) is 0 Å². The number of aromatic nitrogens is 3. The predicted octanol–water partition coefficient (Wildman–Crippen LogP) is 2.20. The molecule has 3 aromatic rings. The second kappa shape index (κ2) is 4.44. The third-order valence-electron chi connectivity index (χ3n) is 2.91. The Bertz CT molecular complexity index is 863. The van der Waals surface area contributed by atoms with Crippen molar-refractivity contribution in [1.82, 2.24) is 14.5 Å². The average molecular weight is 265 g/mol. The Hall–Kier alpha value is -3.27. The zero-order chi connectivity index (χ0) is 14.1. The Balaban J connectivity index is 2.46. The first kappa shape index (κ1) is 11.8. The molecule has 7 nitrogen and oxygen atoms in total. The molecule has 0 saturated heterocycles. The summed E-state index contributed by atoms with van der Waals surface area (Å²) in [6, 6.07) is 8.96. The molecule has 0 radical (unpaired) electrons. The van der Waals surface area contributed by atoms with Crippen molar-refractivity contribution in [2.24, 2.45) is 0 Å². The van der Waals surface area contributed by atoms with Crippen LogP contribution in [0.1, 0.15) is 5.82 Å². The van der Waals surface area contributed by atoms with Crippen LogP contribution in [0, 0.1) is 21.4 Å². The summed E-state index contributed by atoms with van der Waals surface area (Å²) in [5.74, 6) is 0.0875. The van der Waals surface area contributed by atoms with E-state index in [0.29, 0.717) is 16.6 Å². The maximum absolute atomic E-state index is 11.2. The van der Waals surface area contributed by atoms with E-state index in [1.807, 2.05) is 6.07 Å². The Labute approximate surface area is 112 Å². The van der Waals surface area contributed by atoms with Gasteiger partial charge in [0.2, 0.25) is 5.82 Å². The van der Waals surface area contributed by atoms with Crippen LogP contribution in [0.2, 0.25) is 0 Å². The molecule has 0 amide bonds. The fourth-order valence-corrected chi connectivity index (χ4v) is 2.07. The lowest BCUT2D eigenvalue weighted by molar-refractivity contribution is -0.384. The summed E-state index contributed by atoms with van der Waals surface area (Å²) in [6.07, 6.45) is 4.14. The van der Waals surface area contributed by atoms with Gasteiger partial charge in [-0.2, -0.15) is 5.26 Å². The van der Waals surface area contributed by atoms with Gasteiger partial charge in [0.05, 0.1) is 10.4 Å². The molecule has 1 aromatic carbocycles. The molecule has 7 heteroatoms. The number of para-hydroxylation sites is 1. The number of rotatable bonds is 2. The van der Waals surface area contributed by atoms with Gasteiger partial charge in [-0.25, -0.2) is 9.97 Å². The summed E-state index contributed by atoms with van der Waals surface area (Å²) in [5, 5.41) is 20.9. The summed E-state index contributed by atoms with van der Waals surface area (Å²) in [6.45, 7) is 0. The minimum Gasteiger partial charge on any atom is -0.284 e. The molecule has 0 bridgehead atoms. The normalized spacial score (nSPS) is 10.3. The molecule has 0 atom stereocenters. The van der Waals surface area contributed by atoms with E-state index in [9.17, 15) is 10.1 Å². The van der Waals surface area contributed by atoms with Crippen LogP contribution in [0.4, 0.5) is 5.69 Å². The molecule has 0 fully saturated rings. The molecule has 2 heterocycles. The fourth-order valence-electron chi connectivity index (χ4n) is 2.07. The molecule has 0 aliphatic carbocycles. The number of hydrogen-bond acceptors (Lipinski definition) is 5. The maximum atomic E-state index is 11.2. The Morgan fingerprint density at radius 2 is 2.10 bits per heavy atom. The highest BCUT2D eigenvalue weighted by molar-refractivity contribution is 5.91. The standard InChI is InChI=1S/C13H7N5O2/c14-7-12-15-5-6-17(12)13-9-3-1-2-4-10(9)16-8-11(13)18(19)20/h1-6,8H. The van der Waals surface area contributed by atoms with Crippen molar-refractivity contribution in [3.63, 3.8) is 0 Å².